The second kappa shape index (κ2) is 5.28. The molecular weight excluding hydrogens is 268 g/mol. The molecule has 18 heavy (non-hydrogen) atoms. The van der Waals surface area contributed by atoms with Crippen molar-refractivity contribution in [3.63, 3.8) is 0 Å². The van der Waals surface area contributed by atoms with Crippen LogP contribution in [0.3, 0.4) is 0 Å². The maximum atomic E-state index is 11.9. The first-order valence-corrected chi connectivity index (χ1v) is 6.55. The van der Waals surface area contributed by atoms with Crippen molar-refractivity contribution < 1.29 is 4.79 Å². The lowest BCUT2D eigenvalue weighted by Crippen LogP contribution is -2.20. The summed E-state index contributed by atoms with van der Waals surface area (Å²) in [6, 6.07) is 1.92. The molecule has 0 aliphatic rings. The van der Waals surface area contributed by atoms with Crippen LogP contribution in [0.15, 0.2) is 23.0 Å². The van der Waals surface area contributed by atoms with Crippen LogP contribution in [0, 0.1) is 0 Å². The van der Waals surface area contributed by atoms with Crippen LogP contribution in [0.1, 0.15) is 11.1 Å². The summed E-state index contributed by atoms with van der Waals surface area (Å²) in [5, 5.41) is 10.7. The predicted octanol–water partition coefficient (Wildman–Crippen LogP) is 1.30. The van der Waals surface area contributed by atoms with E-state index in [1.54, 1.807) is 29.3 Å². The lowest BCUT2D eigenvalue weighted by Gasteiger charge is -2.07. The van der Waals surface area contributed by atoms with E-state index in [4.69, 9.17) is 18.0 Å². The fraction of sp³-hybridized carbons (Fsp3) is 0.182. The van der Waals surface area contributed by atoms with Crippen molar-refractivity contribution in [2.75, 3.05) is 5.32 Å². The molecule has 0 saturated carbocycles. The third-order valence-electron chi connectivity index (χ3n) is 2.41. The van der Waals surface area contributed by atoms with Gasteiger partial charge in [0.25, 0.3) is 0 Å². The second-order valence-corrected chi connectivity index (χ2v) is 4.97. The van der Waals surface area contributed by atoms with Crippen LogP contribution >= 0.6 is 23.6 Å². The number of hydrogen-bond donors (Lipinski definition) is 2. The molecule has 2 aromatic rings. The molecule has 0 spiro atoms. The summed E-state index contributed by atoms with van der Waals surface area (Å²) in [7, 11) is 1.72. The molecule has 0 aliphatic carbocycles. The molecule has 5 nitrogen and oxygen atoms in total. The van der Waals surface area contributed by atoms with Crippen molar-refractivity contribution in [3.8, 4) is 0 Å². The molecule has 0 bridgehead atoms. The summed E-state index contributed by atoms with van der Waals surface area (Å²) in [5.41, 5.74) is 7.13. The van der Waals surface area contributed by atoms with Gasteiger partial charge in [0.2, 0.25) is 5.91 Å². The Morgan fingerprint density at radius 3 is 3.06 bits per heavy atom. The Labute approximate surface area is 114 Å². The van der Waals surface area contributed by atoms with E-state index in [1.165, 1.54) is 0 Å². The number of nitrogens with zero attached hydrogens (tertiary/aromatic N) is 2. The molecule has 2 heterocycles. The highest BCUT2D eigenvalue weighted by molar-refractivity contribution is 7.80. The number of carbonyl (C=O) groups excluding carboxylic acids is 1. The monoisotopic (exact) mass is 280 g/mol. The van der Waals surface area contributed by atoms with Gasteiger partial charge in [0, 0.05) is 7.05 Å². The zero-order valence-corrected chi connectivity index (χ0v) is 11.3. The summed E-state index contributed by atoms with van der Waals surface area (Å²) in [5.74, 6) is 0.414. The SMILES string of the molecule is Cn1ncc(C(N)=S)c1NC(=O)Cc1ccsc1. The second-order valence-electron chi connectivity index (χ2n) is 3.75. The molecular formula is C11H12N4OS2. The number of nitrogens with two attached hydrogens (primary N) is 1. The zero-order valence-electron chi connectivity index (χ0n) is 9.71. The quantitative estimate of drug-likeness (QED) is 0.828. The molecule has 0 aliphatic heterocycles. The Hall–Kier alpha value is -1.73. The Kier molecular flexibility index (Phi) is 3.73. The van der Waals surface area contributed by atoms with E-state index >= 15 is 0 Å². The van der Waals surface area contributed by atoms with Crippen molar-refractivity contribution >= 4 is 40.3 Å². The van der Waals surface area contributed by atoms with Gasteiger partial charge in [0.1, 0.15) is 10.8 Å². The normalized spacial score (nSPS) is 10.3. The van der Waals surface area contributed by atoms with E-state index in [1.807, 2.05) is 16.8 Å². The van der Waals surface area contributed by atoms with Gasteiger partial charge in [-0.05, 0) is 22.4 Å². The molecule has 94 valence electrons. The van der Waals surface area contributed by atoms with Crippen LogP contribution in [0.2, 0.25) is 0 Å². The van der Waals surface area contributed by atoms with Gasteiger partial charge in [-0.2, -0.15) is 16.4 Å². The van der Waals surface area contributed by atoms with E-state index in [2.05, 4.69) is 10.4 Å². The standard InChI is InChI=1S/C11H12N4OS2/c1-15-11(8(5-13-15)10(12)17)14-9(16)4-7-2-3-18-6-7/h2-3,5-6H,4H2,1H3,(H2,12,17)(H,14,16). The topological polar surface area (TPSA) is 72.9 Å². The van der Waals surface area contributed by atoms with E-state index in [9.17, 15) is 4.79 Å². The molecule has 0 aromatic carbocycles. The number of aryl methyl sites for hydroxylation is 1. The average molecular weight is 280 g/mol. The van der Waals surface area contributed by atoms with Crippen LogP contribution in [0.4, 0.5) is 5.82 Å². The van der Waals surface area contributed by atoms with Crippen LogP contribution in [0.25, 0.3) is 0 Å². The van der Waals surface area contributed by atoms with Crippen molar-refractivity contribution in [2.45, 2.75) is 6.42 Å². The van der Waals surface area contributed by atoms with E-state index < -0.39 is 0 Å². The van der Waals surface area contributed by atoms with Crippen molar-refractivity contribution in [1.82, 2.24) is 9.78 Å². The maximum absolute atomic E-state index is 11.9. The van der Waals surface area contributed by atoms with Gasteiger partial charge >= 0.3 is 0 Å². The summed E-state index contributed by atoms with van der Waals surface area (Å²) < 4.78 is 1.54. The molecule has 0 fully saturated rings. The minimum absolute atomic E-state index is 0.116. The minimum Gasteiger partial charge on any atom is -0.389 e. The lowest BCUT2D eigenvalue weighted by molar-refractivity contribution is -0.115. The number of anilines is 1. The highest BCUT2D eigenvalue weighted by Gasteiger charge is 2.14. The van der Waals surface area contributed by atoms with Gasteiger partial charge in [0.15, 0.2) is 0 Å². The Morgan fingerprint density at radius 1 is 1.67 bits per heavy atom. The fourth-order valence-electron chi connectivity index (χ4n) is 1.52. The molecule has 2 aromatic heterocycles. The van der Waals surface area contributed by atoms with Crippen molar-refractivity contribution in [2.24, 2.45) is 12.8 Å². The Morgan fingerprint density at radius 2 is 2.44 bits per heavy atom. The molecule has 7 heteroatoms. The van der Waals surface area contributed by atoms with Gasteiger partial charge in [-0.25, -0.2) is 0 Å². The number of rotatable bonds is 4. The Balaban J connectivity index is 2.11. The molecule has 2 rings (SSSR count). The van der Waals surface area contributed by atoms with Crippen molar-refractivity contribution in [1.29, 1.82) is 0 Å². The molecule has 1 amide bonds. The summed E-state index contributed by atoms with van der Waals surface area (Å²) in [4.78, 5) is 12.1. The Bertz CT molecular complexity index is 574. The molecule has 0 radical (unpaired) electrons. The molecule has 0 saturated heterocycles. The predicted molar refractivity (Wildman–Crippen MR) is 75.7 cm³/mol. The third-order valence-corrected chi connectivity index (χ3v) is 3.36. The van der Waals surface area contributed by atoms with Crippen LogP contribution in [-0.2, 0) is 18.3 Å². The lowest BCUT2D eigenvalue weighted by atomic mass is 10.2. The smallest absolute Gasteiger partial charge is 0.229 e. The fourth-order valence-corrected chi connectivity index (χ4v) is 2.34. The largest absolute Gasteiger partial charge is 0.389 e. The van der Waals surface area contributed by atoms with Gasteiger partial charge < -0.3 is 11.1 Å². The molecule has 3 N–H and O–H groups in total. The molecule has 0 atom stereocenters. The van der Waals surface area contributed by atoms with Gasteiger partial charge in [-0.3, -0.25) is 9.48 Å². The summed E-state index contributed by atoms with van der Waals surface area (Å²) >= 11 is 6.47. The summed E-state index contributed by atoms with van der Waals surface area (Å²) in [6.45, 7) is 0. The van der Waals surface area contributed by atoms with Gasteiger partial charge in [-0.15, -0.1) is 0 Å². The first-order chi connectivity index (χ1) is 8.58. The number of hydrogen-bond acceptors (Lipinski definition) is 4. The number of carbonyl (C=O) groups is 1. The van der Waals surface area contributed by atoms with Gasteiger partial charge in [0.05, 0.1) is 18.2 Å². The minimum atomic E-state index is -0.116. The number of thiocarbonyl (C=S) groups is 1. The number of aromatic nitrogens is 2. The van der Waals surface area contributed by atoms with Crippen molar-refractivity contribution in [3.05, 3.63) is 34.2 Å². The number of thiophene rings is 1. The van der Waals surface area contributed by atoms with E-state index in [0.717, 1.165) is 5.56 Å². The third kappa shape index (κ3) is 2.74. The van der Waals surface area contributed by atoms with Crippen LogP contribution in [0.5, 0.6) is 0 Å². The first kappa shape index (κ1) is 12.7. The number of nitrogens with one attached hydrogen (secondary N) is 1. The number of amides is 1. The highest BCUT2D eigenvalue weighted by atomic mass is 32.1. The van der Waals surface area contributed by atoms with Crippen LogP contribution < -0.4 is 11.1 Å². The van der Waals surface area contributed by atoms with Gasteiger partial charge in [-0.1, -0.05) is 12.2 Å². The maximum Gasteiger partial charge on any atom is 0.229 e. The van der Waals surface area contributed by atoms with Crippen LogP contribution in [-0.4, -0.2) is 20.7 Å². The average Bonchev–Trinajstić information content (AvgIpc) is 2.90. The van der Waals surface area contributed by atoms with E-state index in [-0.39, 0.29) is 10.9 Å². The van der Waals surface area contributed by atoms with E-state index in [0.29, 0.717) is 17.8 Å². The zero-order chi connectivity index (χ0) is 13.1. The highest BCUT2D eigenvalue weighted by Crippen LogP contribution is 2.15. The molecule has 0 unspecified atom stereocenters. The summed E-state index contributed by atoms with van der Waals surface area (Å²) in [6.07, 6.45) is 1.87. The first-order valence-electron chi connectivity index (χ1n) is 5.20.